The Labute approximate surface area is 138 Å². The molecule has 3 rings (SSSR count). The van der Waals surface area contributed by atoms with E-state index in [9.17, 15) is 13.6 Å². The lowest BCUT2D eigenvalue weighted by Gasteiger charge is -2.23. The monoisotopic (exact) mass is 332 g/mol. The average Bonchev–Trinajstić information content (AvgIpc) is 3.08. The molecule has 1 aromatic carbocycles. The maximum absolute atomic E-state index is 13.3. The number of urea groups is 1. The Morgan fingerprint density at radius 2 is 2.00 bits per heavy atom. The van der Waals surface area contributed by atoms with E-state index in [0.29, 0.717) is 16.9 Å². The van der Waals surface area contributed by atoms with Crippen LogP contribution in [0.25, 0.3) is 11.1 Å². The number of hydrogen-bond acceptors (Lipinski definition) is 3. The minimum atomic E-state index is -0.644. The van der Waals surface area contributed by atoms with E-state index in [0.717, 1.165) is 25.6 Å². The molecule has 1 atom stereocenters. The lowest BCUT2D eigenvalue weighted by molar-refractivity contribution is 0.207. The Bertz CT molecular complexity index is 710. The Hall–Kier alpha value is -2.54. The summed E-state index contributed by atoms with van der Waals surface area (Å²) < 4.78 is 26.5. The molecule has 1 aliphatic heterocycles. The van der Waals surface area contributed by atoms with Crippen LogP contribution in [0.3, 0.4) is 0 Å². The van der Waals surface area contributed by atoms with Gasteiger partial charge in [-0.15, -0.1) is 0 Å². The predicted molar refractivity (Wildman–Crippen MR) is 87.6 cm³/mol. The minimum absolute atomic E-state index is 0.166. The molecule has 7 heteroatoms. The number of carbonyl (C=O) groups excluding carboxylic acids is 1. The topological polar surface area (TPSA) is 57.3 Å². The van der Waals surface area contributed by atoms with E-state index in [1.807, 2.05) is 0 Å². The van der Waals surface area contributed by atoms with Crippen molar-refractivity contribution in [3.63, 3.8) is 0 Å². The molecule has 0 aliphatic carbocycles. The van der Waals surface area contributed by atoms with Crippen LogP contribution in [-0.2, 0) is 0 Å². The summed E-state index contributed by atoms with van der Waals surface area (Å²) in [6, 6.07) is 6.49. The molecular formula is C17H18F2N4O. The summed E-state index contributed by atoms with van der Waals surface area (Å²) in [7, 11) is 1.75. The first-order chi connectivity index (χ1) is 11.5. The molecule has 126 valence electrons. The van der Waals surface area contributed by atoms with Gasteiger partial charge in [0.15, 0.2) is 0 Å². The summed E-state index contributed by atoms with van der Waals surface area (Å²) in [5, 5.41) is 5.93. The number of anilines is 1. The van der Waals surface area contributed by atoms with Crippen molar-refractivity contribution in [2.75, 3.05) is 25.5 Å². The van der Waals surface area contributed by atoms with E-state index < -0.39 is 11.6 Å². The third-order valence-electron chi connectivity index (χ3n) is 4.10. The van der Waals surface area contributed by atoms with Crippen LogP contribution in [0, 0.1) is 11.6 Å². The first-order valence-electron chi connectivity index (χ1n) is 7.70. The number of carbonyl (C=O) groups is 1. The first kappa shape index (κ1) is 16.3. The van der Waals surface area contributed by atoms with E-state index in [1.165, 1.54) is 18.3 Å². The highest BCUT2D eigenvalue weighted by Gasteiger charge is 2.23. The fraction of sp³-hybridized carbons (Fsp3) is 0.294. The molecule has 2 amide bonds. The van der Waals surface area contributed by atoms with Crippen LogP contribution in [0.5, 0.6) is 0 Å². The van der Waals surface area contributed by atoms with Gasteiger partial charge in [0, 0.05) is 37.5 Å². The zero-order valence-corrected chi connectivity index (χ0v) is 13.2. The van der Waals surface area contributed by atoms with Crippen molar-refractivity contribution in [2.45, 2.75) is 12.5 Å². The van der Waals surface area contributed by atoms with Crippen LogP contribution in [0.2, 0.25) is 0 Å². The fourth-order valence-electron chi connectivity index (χ4n) is 2.69. The van der Waals surface area contributed by atoms with E-state index in [4.69, 9.17) is 0 Å². The minimum Gasteiger partial charge on any atom is -0.323 e. The van der Waals surface area contributed by atoms with Crippen LogP contribution in [0.1, 0.15) is 6.42 Å². The second-order valence-electron chi connectivity index (χ2n) is 5.78. The van der Waals surface area contributed by atoms with Gasteiger partial charge in [-0.05, 0) is 42.8 Å². The van der Waals surface area contributed by atoms with Crippen molar-refractivity contribution < 1.29 is 13.6 Å². The highest BCUT2D eigenvalue weighted by Crippen LogP contribution is 2.22. The largest absolute Gasteiger partial charge is 0.323 e. The highest BCUT2D eigenvalue weighted by atomic mass is 19.1. The van der Waals surface area contributed by atoms with Gasteiger partial charge in [-0.25, -0.2) is 18.6 Å². The van der Waals surface area contributed by atoms with Crippen molar-refractivity contribution in [1.29, 1.82) is 0 Å². The number of benzene rings is 1. The third-order valence-corrected chi connectivity index (χ3v) is 4.10. The Kier molecular flexibility index (Phi) is 4.71. The Balaban J connectivity index is 1.69. The second-order valence-corrected chi connectivity index (χ2v) is 5.78. The van der Waals surface area contributed by atoms with Gasteiger partial charge in [-0.1, -0.05) is 0 Å². The van der Waals surface area contributed by atoms with E-state index >= 15 is 0 Å². The highest BCUT2D eigenvalue weighted by molar-refractivity contribution is 5.88. The Morgan fingerprint density at radius 1 is 1.25 bits per heavy atom. The van der Waals surface area contributed by atoms with Crippen LogP contribution < -0.4 is 10.6 Å². The molecule has 0 radical (unpaired) electrons. The molecule has 0 bridgehead atoms. The molecule has 1 aliphatic rings. The first-order valence-corrected chi connectivity index (χ1v) is 7.70. The molecule has 1 saturated heterocycles. The average molecular weight is 332 g/mol. The van der Waals surface area contributed by atoms with E-state index in [2.05, 4.69) is 15.6 Å². The molecule has 0 spiro atoms. The summed E-state index contributed by atoms with van der Waals surface area (Å²) in [5.74, 6) is -0.901. The maximum Gasteiger partial charge on any atom is 0.323 e. The number of nitrogens with zero attached hydrogens (tertiary/aromatic N) is 2. The van der Waals surface area contributed by atoms with Crippen molar-refractivity contribution in [2.24, 2.45) is 0 Å². The summed E-state index contributed by atoms with van der Waals surface area (Å²) >= 11 is 0. The number of halogens is 2. The third kappa shape index (κ3) is 3.68. The normalized spacial score (nSPS) is 16.9. The number of rotatable bonds is 3. The van der Waals surface area contributed by atoms with Crippen LogP contribution in [0.4, 0.5) is 19.4 Å². The van der Waals surface area contributed by atoms with Gasteiger partial charge in [0.25, 0.3) is 0 Å². The molecule has 1 aromatic heterocycles. The van der Waals surface area contributed by atoms with E-state index in [-0.39, 0.29) is 12.1 Å². The fourth-order valence-corrected chi connectivity index (χ4v) is 2.69. The quantitative estimate of drug-likeness (QED) is 0.909. The zero-order valence-electron chi connectivity index (χ0n) is 13.2. The number of amides is 2. The SMILES string of the molecule is CN(C(=O)Nc1ccc(-c2cc(F)cc(F)c2)cn1)C1CCNC1. The molecular weight excluding hydrogens is 314 g/mol. The molecule has 2 heterocycles. The van der Waals surface area contributed by atoms with Gasteiger partial charge in [0.05, 0.1) is 0 Å². The van der Waals surface area contributed by atoms with Gasteiger partial charge in [0.2, 0.25) is 0 Å². The number of hydrogen-bond donors (Lipinski definition) is 2. The van der Waals surface area contributed by atoms with Crippen LogP contribution in [0.15, 0.2) is 36.5 Å². The standard InChI is InChI=1S/C17H18F2N4O/c1-23(15-4-5-20-10-15)17(24)22-16-3-2-11(9-21-16)12-6-13(18)8-14(19)7-12/h2-3,6-9,15,20H,4-5,10H2,1H3,(H,21,22,24). The molecule has 2 N–H and O–H groups in total. The predicted octanol–water partition coefficient (Wildman–Crippen LogP) is 2.85. The van der Waals surface area contributed by atoms with Gasteiger partial charge < -0.3 is 10.2 Å². The molecule has 24 heavy (non-hydrogen) atoms. The van der Waals surface area contributed by atoms with Crippen molar-refractivity contribution >= 4 is 11.8 Å². The lowest BCUT2D eigenvalue weighted by Crippen LogP contribution is -2.41. The number of likely N-dealkylation sites (N-methyl/N-ethyl adjacent to an activating group) is 1. The molecule has 1 fully saturated rings. The maximum atomic E-state index is 13.3. The molecule has 2 aromatic rings. The summed E-state index contributed by atoms with van der Waals surface area (Å²) in [4.78, 5) is 18.0. The number of pyridine rings is 1. The second kappa shape index (κ2) is 6.92. The van der Waals surface area contributed by atoms with Crippen molar-refractivity contribution in [1.82, 2.24) is 15.2 Å². The Morgan fingerprint density at radius 3 is 2.58 bits per heavy atom. The molecule has 5 nitrogen and oxygen atoms in total. The smallest absolute Gasteiger partial charge is 0.323 e. The summed E-state index contributed by atoms with van der Waals surface area (Å²) in [6.45, 7) is 1.68. The van der Waals surface area contributed by atoms with Gasteiger partial charge in [0.1, 0.15) is 17.5 Å². The lowest BCUT2D eigenvalue weighted by atomic mass is 10.1. The van der Waals surface area contributed by atoms with E-state index in [1.54, 1.807) is 24.1 Å². The summed E-state index contributed by atoms with van der Waals surface area (Å²) in [5.41, 5.74) is 0.965. The number of nitrogens with one attached hydrogen (secondary N) is 2. The van der Waals surface area contributed by atoms with Gasteiger partial charge >= 0.3 is 6.03 Å². The van der Waals surface area contributed by atoms with Gasteiger partial charge in [-0.2, -0.15) is 0 Å². The molecule has 0 saturated carbocycles. The zero-order chi connectivity index (χ0) is 17.1. The van der Waals surface area contributed by atoms with Gasteiger partial charge in [-0.3, -0.25) is 5.32 Å². The van der Waals surface area contributed by atoms with Crippen LogP contribution >= 0.6 is 0 Å². The van der Waals surface area contributed by atoms with Crippen molar-refractivity contribution in [3.05, 3.63) is 48.2 Å². The number of aromatic nitrogens is 1. The summed E-state index contributed by atoms with van der Waals surface area (Å²) in [6.07, 6.45) is 2.39. The van der Waals surface area contributed by atoms with Crippen LogP contribution in [-0.4, -0.2) is 42.1 Å². The van der Waals surface area contributed by atoms with Crippen molar-refractivity contribution in [3.8, 4) is 11.1 Å². The molecule has 1 unspecified atom stereocenters.